The Hall–Kier alpha value is -3.50. The molecule has 7 nitrogen and oxygen atoms in total. The molecule has 0 saturated heterocycles. The molecule has 2 aromatic heterocycles. The van der Waals surface area contributed by atoms with Gasteiger partial charge in [-0.15, -0.1) is 0 Å². The lowest BCUT2D eigenvalue weighted by Crippen LogP contribution is -2.37. The highest BCUT2D eigenvalue weighted by atomic mass is 19.4. The van der Waals surface area contributed by atoms with E-state index < -0.39 is 12.1 Å². The van der Waals surface area contributed by atoms with Crippen LogP contribution in [-0.2, 0) is 31.0 Å². The second-order valence-electron chi connectivity index (χ2n) is 8.71. The van der Waals surface area contributed by atoms with Crippen molar-refractivity contribution >= 4 is 5.91 Å². The van der Waals surface area contributed by atoms with E-state index >= 15 is 0 Å². The molecule has 1 aromatic carbocycles. The molecule has 0 bridgehead atoms. The van der Waals surface area contributed by atoms with Gasteiger partial charge >= 0.3 is 12.1 Å². The number of nitrogens with zero attached hydrogens (tertiary/aromatic N) is 3. The summed E-state index contributed by atoms with van der Waals surface area (Å²) >= 11 is 0. The quantitative estimate of drug-likeness (QED) is 0.313. The standard InChI is InChI=1S/C27H32F3N5O2/c1-35(20-24-9-3-5-11-33-24)19-22-14-21(17-31-18-23-8-2-4-10-32-23)15-25(16-22)37-13-7-6-12-34-26(36)27(28,29)30/h2-5,8-11,14-16,31H,6-7,12-13,17-20H2,1H3,(H,34,36). The molecule has 2 N–H and O–H groups in total. The van der Waals surface area contributed by atoms with Gasteiger partial charge in [0.05, 0.1) is 18.0 Å². The molecule has 0 radical (unpaired) electrons. The van der Waals surface area contributed by atoms with Gasteiger partial charge in [0.15, 0.2) is 0 Å². The van der Waals surface area contributed by atoms with Crippen molar-refractivity contribution in [3.8, 4) is 5.75 Å². The topological polar surface area (TPSA) is 79.4 Å². The molecule has 0 aliphatic heterocycles. The summed E-state index contributed by atoms with van der Waals surface area (Å²) < 4.78 is 42.7. The van der Waals surface area contributed by atoms with E-state index in [0.717, 1.165) is 22.5 Å². The molecule has 0 unspecified atom stereocenters. The molecule has 2 heterocycles. The average Bonchev–Trinajstić information content (AvgIpc) is 2.86. The van der Waals surface area contributed by atoms with Crippen molar-refractivity contribution in [3.63, 3.8) is 0 Å². The first kappa shape index (κ1) is 28.1. The highest BCUT2D eigenvalue weighted by molar-refractivity contribution is 5.81. The molecular weight excluding hydrogens is 483 g/mol. The van der Waals surface area contributed by atoms with Crippen LogP contribution in [0.5, 0.6) is 5.75 Å². The van der Waals surface area contributed by atoms with E-state index in [2.05, 4.69) is 26.3 Å². The van der Waals surface area contributed by atoms with Crippen molar-refractivity contribution in [2.75, 3.05) is 20.2 Å². The summed E-state index contributed by atoms with van der Waals surface area (Å²) in [5, 5.41) is 5.27. The molecule has 0 aliphatic rings. The van der Waals surface area contributed by atoms with Gasteiger partial charge in [-0.3, -0.25) is 19.7 Å². The fourth-order valence-corrected chi connectivity index (χ4v) is 3.70. The Bertz CT molecular complexity index is 1100. The number of alkyl halides is 3. The normalized spacial score (nSPS) is 11.5. The first-order valence-electron chi connectivity index (χ1n) is 12.1. The van der Waals surface area contributed by atoms with Gasteiger partial charge in [0.25, 0.3) is 0 Å². The van der Waals surface area contributed by atoms with Gasteiger partial charge < -0.3 is 15.4 Å². The number of ether oxygens (including phenoxy) is 1. The van der Waals surface area contributed by atoms with Crippen LogP contribution in [0.15, 0.2) is 67.0 Å². The smallest absolute Gasteiger partial charge is 0.471 e. The minimum Gasteiger partial charge on any atom is -0.494 e. The predicted molar refractivity (Wildman–Crippen MR) is 134 cm³/mol. The maximum absolute atomic E-state index is 12.3. The van der Waals surface area contributed by atoms with Crippen molar-refractivity contribution < 1.29 is 22.7 Å². The Morgan fingerprint density at radius 1 is 0.919 bits per heavy atom. The number of aromatic nitrogens is 2. The van der Waals surface area contributed by atoms with E-state index in [1.165, 1.54) is 0 Å². The number of carbonyl (C=O) groups excluding carboxylic acids is 1. The van der Waals surface area contributed by atoms with Gasteiger partial charge in [0, 0.05) is 45.1 Å². The number of hydrogen-bond donors (Lipinski definition) is 2. The third kappa shape index (κ3) is 10.6. The van der Waals surface area contributed by atoms with Gasteiger partial charge in [-0.1, -0.05) is 18.2 Å². The Morgan fingerprint density at radius 3 is 2.30 bits per heavy atom. The van der Waals surface area contributed by atoms with Gasteiger partial charge in [-0.05, 0) is 67.4 Å². The summed E-state index contributed by atoms with van der Waals surface area (Å²) in [7, 11) is 2.02. The molecule has 3 rings (SSSR count). The number of nitrogens with one attached hydrogen (secondary N) is 2. The predicted octanol–water partition coefficient (Wildman–Crippen LogP) is 4.24. The van der Waals surface area contributed by atoms with Crippen molar-refractivity contribution in [1.29, 1.82) is 0 Å². The Kier molecular flexibility index (Phi) is 10.8. The van der Waals surface area contributed by atoms with E-state index in [0.29, 0.717) is 51.4 Å². The number of pyridine rings is 2. The van der Waals surface area contributed by atoms with Crippen LogP contribution >= 0.6 is 0 Å². The molecule has 0 aliphatic carbocycles. The highest BCUT2D eigenvalue weighted by Crippen LogP contribution is 2.20. The highest BCUT2D eigenvalue weighted by Gasteiger charge is 2.38. The maximum atomic E-state index is 12.3. The number of halogens is 3. The van der Waals surface area contributed by atoms with Gasteiger partial charge in [0.2, 0.25) is 0 Å². The molecular formula is C27H32F3N5O2. The van der Waals surface area contributed by atoms with Crippen molar-refractivity contribution in [2.45, 2.75) is 45.2 Å². The molecule has 37 heavy (non-hydrogen) atoms. The zero-order valence-corrected chi connectivity index (χ0v) is 20.8. The second-order valence-corrected chi connectivity index (χ2v) is 8.71. The third-order valence-corrected chi connectivity index (χ3v) is 5.38. The van der Waals surface area contributed by atoms with Crippen LogP contribution in [0.2, 0.25) is 0 Å². The van der Waals surface area contributed by atoms with Crippen LogP contribution < -0.4 is 15.4 Å². The van der Waals surface area contributed by atoms with E-state index in [-0.39, 0.29) is 6.54 Å². The summed E-state index contributed by atoms with van der Waals surface area (Å²) in [5.41, 5.74) is 4.05. The van der Waals surface area contributed by atoms with E-state index in [1.807, 2.05) is 60.9 Å². The number of carbonyl (C=O) groups is 1. The van der Waals surface area contributed by atoms with Crippen LogP contribution in [0.4, 0.5) is 13.2 Å². The fraction of sp³-hybridized carbons (Fsp3) is 0.370. The first-order chi connectivity index (χ1) is 17.8. The van der Waals surface area contributed by atoms with E-state index in [9.17, 15) is 18.0 Å². The number of amides is 1. The minimum absolute atomic E-state index is 0.0528. The van der Waals surface area contributed by atoms with Crippen molar-refractivity contribution in [2.24, 2.45) is 0 Å². The number of benzene rings is 1. The largest absolute Gasteiger partial charge is 0.494 e. The number of hydrogen-bond acceptors (Lipinski definition) is 6. The van der Waals surface area contributed by atoms with Gasteiger partial charge in [-0.25, -0.2) is 0 Å². The van der Waals surface area contributed by atoms with Crippen LogP contribution in [0.1, 0.15) is 35.4 Å². The van der Waals surface area contributed by atoms with Crippen LogP contribution in [0.3, 0.4) is 0 Å². The summed E-state index contributed by atoms with van der Waals surface area (Å²) in [4.78, 5) is 21.8. The first-order valence-corrected chi connectivity index (χ1v) is 12.1. The summed E-state index contributed by atoms with van der Waals surface area (Å²) in [5.74, 6) is -1.23. The molecule has 1 amide bonds. The molecule has 10 heteroatoms. The van der Waals surface area contributed by atoms with Crippen LogP contribution in [0, 0.1) is 0 Å². The van der Waals surface area contributed by atoms with Gasteiger partial charge in [-0.2, -0.15) is 13.2 Å². The monoisotopic (exact) mass is 515 g/mol. The zero-order valence-electron chi connectivity index (χ0n) is 20.8. The van der Waals surface area contributed by atoms with Crippen molar-refractivity contribution in [3.05, 3.63) is 89.5 Å². The average molecular weight is 516 g/mol. The van der Waals surface area contributed by atoms with Crippen molar-refractivity contribution in [1.82, 2.24) is 25.5 Å². The van der Waals surface area contributed by atoms with Crippen LogP contribution in [0.25, 0.3) is 0 Å². The van der Waals surface area contributed by atoms with Gasteiger partial charge in [0.1, 0.15) is 5.75 Å². The molecule has 3 aromatic rings. The molecule has 0 atom stereocenters. The summed E-state index contributed by atoms with van der Waals surface area (Å²) in [6, 6.07) is 17.7. The molecule has 0 fully saturated rings. The summed E-state index contributed by atoms with van der Waals surface area (Å²) in [6.07, 6.45) is -0.434. The van der Waals surface area contributed by atoms with Crippen LogP contribution in [-0.4, -0.2) is 47.2 Å². The fourth-order valence-electron chi connectivity index (χ4n) is 3.70. The molecule has 0 saturated carbocycles. The second kappa shape index (κ2) is 14.3. The number of rotatable bonds is 14. The lowest BCUT2D eigenvalue weighted by Gasteiger charge is -2.18. The number of unbranched alkanes of at least 4 members (excludes halogenated alkanes) is 1. The SMILES string of the molecule is CN(Cc1cc(CNCc2ccccn2)cc(OCCCCNC(=O)C(F)(F)F)c1)Cc1ccccn1. The molecule has 0 spiro atoms. The zero-order chi connectivity index (χ0) is 26.5. The Morgan fingerprint density at radius 2 is 1.62 bits per heavy atom. The molecule has 198 valence electrons. The van der Waals surface area contributed by atoms with E-state index in [4.69, 9.17) is 4.74 Å². The Labute approximate surface area is 215 Å². The minimum atomic E-state index is -4.86. The Balaban J connectivity index is 1.56. The maximum Gasteiger partial charge on any atom is 0.471 e. The lowest BCUT2D eigenvalue weighted by atomic mass is 10.1. The van der Waals surface area contributed by atoms with E-state index in [1.54, 1.807) is 12.4 Å². The third-order valence-electron chi connectivity index (χ3n) is 5.38. The summed E-state index contributed by atoms with van der Waals surface area (Å²) in [6.45, 7) is 2.91. The lowest BCUT2D eigenvalue weighted by molar-refractivity contribution is -0.173.